The molecule has 16 heteroatoms. The summed E-state index contributed by atoms with van der Waals surface area (Å²) >= 11 is 0. The van der Waals surface area contributed by atoms with Gasteiger partial charge in [0.05, 0.1) is 0 Å². The summed E-state index contributed by atoms with van der Waals surface area (Å²) < 4.78 is 106. The summed E-state index contributed by atoms with van der Waals surface area (Å²) in [5, 5.41) is 0. The predicted octanol–water partition coefficient (Wildman–Crippen LogP) is -1.75. The van der Waals surface area contributed by atoms with Crippen molar-refractivity contribution < 1.29 is 91.0 Å². The fourth-order valence-electron chi connectivity index (χ4n) is 0. The molecular weight excluding hydrogens is 448 g/mol. The van der Waals surface area contributed by atoms with E-state index in [1.807, 2.05) is 0 Å². The second kappa shape index (κ2) is 9.84. The zero-order valence-electron chi connectivity index (χ0n) is 6.44. The van der Waals surface area contributed by atoms with Crippen molar-refractivity contribution in [3.63, 3.8) is 0 Å². The van der Waals surface area contributed by atoms with Crippen LogP contribution in [-0.2, 0) is 31.5 Å². The monoisotopic (exact) mass is 449 g/mol. The Bertz CT molecular complexity index is 347. The van der Waals surface area contributed by atoms with Gasteiger partial charge in [-0.2, -0.15) is 0 Å². The van der Waals surface area contributed by atoms with Crippen LogP contribution in [0.15, 0.2) is 0 Å². The summed E-state index contributed by atoms with van der Waals surface area (Å²) in [6.07, 6.45) is 0. The Morgan fingerprint density at radius 1 is 0.562 bits per heavy atom. The van der Waals surface area contributed by atoms with Crippen LogP contribution in [0.1, 0.15) is 0 Å². The van der Waals surface area contributed by atoms with Crippen LogP contribution in [0.4, 0.5) is 11.7 Å². The van der Waals surface area contributed by atoms with E-state index in [0.717, 1.165) is 0 Å². The van der Waals surface area contributed by atoms with Gasteiger partial charge in [0, 0.05) is 0 Å². The largest absolute Gasteiger partial charge is 3.00 e. The van der Waals surface area contributed by atoms with E-state index in [9.17, 15) is 11.7 Å². The Hall–Kier alpha value is 0.858. The van der Waals surface area contributed by atoms with Crippen LogP contribution in [0.25, 0.3) is 0 Å². The van der Waals surface area contributed by atoms with E-state index in [1.54, 1.807) is 0 Å². The molecule has 0 atom stereocenters. The van der Waals surface area contributed by atoms with E-state index in [2.05, 4.69) is 0 Å². The first-order chi connectivity index (χ1) is 6.00. The molecule has 0 aliphatic heterocycles. The van der Waals surface area contributed by atoms with Crippen LogP contribution in [0.5, 0.6) is 0 Å². The molecule has 0 unspecified atom stereocenters. The maximum Gasteiger partial charge on any atom is 3.00 e. The van der Waals surface area contributed by atoms with Crippen molar-refractivity contribution in [1.82, 2.24) is 0 Å². The summed E-state index contributed by atoms with van der Waals surface area (Å²) in [5.74, 6) is 0. The van der Waals surface area contributed by atoms with Crippen molar-refractivity contribution in [2.45, 2.75) is 0 Å². The molecule has 0 heterocycles. The fourth-order valence-corrected chi connectivity index (χ4v) is 0. The van der Waals surface area contributed by atoms with E-state index in [1.165, 1.54) is 0 Å². The average Bonchev–Trinajstić information content (AvgIpc) is 1.41. The molecule has 9 nitrogen and oxygen atoms in total. The predicted molar refractivity (Wildman–Crippen MR) is 32.4 cm³/mol. The molecule has 0 aromatic rings. The molecule has 1 radical (unpaired) electrons. The van der Waals surface area contributed by atoms with Gasteiger partial charge in [0.1, 0.15) is 0 Å². The molecule has 0 aliphatic rings. The third-order valence-electron chi connectivity index (χ3n) is 0. The molecule has 0 fully saturated rings. The SMILES string of the molecule is O=S(=O)([O-])F.O=S(=O)([O-])F.O=S(=O)([O-])F.[Sm+3]. The Balaban J connectivity index is -0.0000000655. The van der Waals surface area contributed by atoms with Crippen LogP contribution in [0, 0.1) is 40.4 Å². The first-order valence-corrected chi connectivity index (χ1v) is 5.89. The Kier molecular flexibility index (Phi) is 15.8. The molecule has 0 rings (SSSR count). The third-order valence-corrected chi connectivity index (χ3v) is 0. The van der Waals surface area contributed by atoms with Gasteiger partial charge < -0.3 is 13.7 Å². The maximum atomic E-state index is 10.1. The second-order valence-electron chi connectivity index (χ2n) is 1.18. The van der Waals surface area contributed by atoms with E-state index in [4.69, 9.17) is 38.9 Å². The third kappa shape index (κ3) is 3880. The second-order valence-corrected chi connectivity index (χ2v) is 3.54. The Morgan fingerprint density at radius 2 is 0.562 bits per heavy atom. The zero-order valence-corrected chi connectivity index (χ0v) is 11.5. The molecule has 0 spiro atoms. The quantitative estimate of drug-likeness (QED) is 0.308. The minimum Gasteiger partial charge on any atom is -0.722 e. The summed E-state index contributed by atoms with van der Waals surface area (Å²) in [7, 11) is -16.2. The molecule has 0 aromatic heterocycles. The van der Waals surface area contributed by atoms with Crippen LogP contribution >= 0.6 is 0 Å². The normalized spacial score (nSPS) is 10.9. The first-order valence-electron chi connectivity index (χ1n) is 1.96. The molecule has 16 heavy (non-hydrogen) atoms. The van der Waals surface area contributed by atoms with Gasteiger partial charge in [0.25, 0.3) is 31.5 Å². The summed E-state index contributed by atoms with van der Waals surface area (Å²) in [6.45, 7) is 0. The van der Waals surface area contributed by atoms with Crippen molar-refractivity contribution >= 4 is 31.5 Å². The van der Waals surface area contributed by atoms with Gasteiger partial charge >= 0.3 is 40.4 Å². The van der Waals surface area contributed by atoms with Crippen molar-refractivity contribution in [2.24, 2.45) is 0 Å². The van der Waals surface area contributed by atoms with Crippen LogP contribution in [0.2, 0.25) is 0 Å². The van der Waals surface area contributed by atoms with E-state index in [-0.39, 0.29) is 40.4 Å². The number of rotatable bonds is 0. The molecule has 0 saturated carbocycles. The van der Waals surface area contributed by atoms with Crippen LogP contribution in [-0.4, -0.2) is 38.9 Å². The van der Waals surface area contributed by atoms with Crippen molar-refractivity contribution in [1.29, 1.82) is 0 Å². The topological polar surface area (TPSA) is 172 Å². The van der Waals surface area contributed by atoms with Gasteiger partial charge in [0.2, 0.25) is 0 Å². The van der Waals surface area contributed by atoms with Gasteiger partial charge in [-0.25, -0.2) is 25.3 Å². The number of hydrogen-bond acceptors (Lipinski definition) is 9. The molecule has 0 saturated heterocycles. The molecule has 0 aromatic carbocycles. The van der Waals surface area contributed by atoms with Gasteiger partial charge in [-0.3, -0.25) is 0 Å². The van der Waals surface area contributed by atoms with Crippen molar-refractivity contribution in [3.05, 3.63) is 0 Å². The van der Waals surface area contributed by atoms with Gasteiger partial charge in [0.15, 0.2) is 0 Å². The fraction of sp³-hybridized carbons (Fsp3) is 0. The van der Waals surface area contributed by atoms with Crippen LogP contribution < -0.4 is 0 Å². The molecule has 0 amide bonds. The molecule has 0 aliphatic carbocycles. The summed E-state index contributed by atoms with van der Waals surface area (Å²) in [6, 6.07) is 0. The number of hydrogen-bond donors (Lipinski definition) is 0. The minimum atomic E-state index is -5.42. The van der Waals surface area contributed by atoms with Gasteiger partial charge in [-0.15, -0.1) is 11.7 Å². The van der Waals surface area contributed by atoms with Gasteiger partial charge in [-0.05, 0) is 0 Å². The van der Waals surface area contributed by atoms with Gasteiger partial charge in [-0.1, -0.05) is 0 Å². The van der Waals surface area contributed by atoms with E-state index >= 15 is 0 Å². The van der Waals surface area contributed by atoms with E-state index < -0.39 is 31.5 Å². The Morgan fingerprint density at radius 3 is 0.562 bits per heavy atom. The molecule has 99 valence electrons. The van der Waals surface area contributed by atoms with Crippen molar-refractivity contribution in [3.8, 4) is 0 Å². The van der Waals surface area contributed by atoms with E-state index in [0.29, 0.717) is 0 Å². The Labute approximate surface area is 121 Å². The maximum absolute atomic E-state index is 10.1. The first kappa shape index (κ1) is 25.6. The molecular formula is F3O9S3Sm. The zero-order chi connectivity index (χ0) is 13.5. The molecule has 0 bridgehead atoms. The van der Waals surface area contributed by atoms with Crippen molar-refractivity contribution in [2.75, 3.05) is 0 Å². The summed E-state index contributed by atoms with van der Waals surface area (Å²) in [4.78, 5) is 0. The summed E-state index contributed by atoms with van der Waals surface area (Å²) in [5.41, 5.74) is 0. The molecule has 0 N–H and O–H groups in total. The average molecular weight is 448 g/mol. The minimum absolute atomic E-state index is 0. The van der Waals surface area contributed by atoms with Crippen LogP contribution in [0.3, 0.4) is 0 Å². The smallest absolute Gasteiger partial charge is 0.722 e. The number of halogens is 3. The standard InChI is InChI=1S/3FHO3S.Sm/c3*1-5(2,3)4;/h3*(H,2,3,4);/q;;;+3/p-3.